The standard InChI is InChI=1S/C18H33FNO6PSi2/c1-28(2,3)11-9-24-27(22,25-10-12-29(4,5)6)26-17-8-7-16(19)13-15(17)14-23-18(20)21/h7-8,13H,9-12,14H2,1-6H3,(H2,20,21). The molecule has 0 spiro atoms. The van der Waals surface area contributed by atoms with Crippen molar-refractivity contribution in [3.63, 3.8) is 0 Å². The van der Waals surface area contributed by atoms with Crippen LogP contribution in [0.3, 0.4) is 0 Å². The van der Waals surface area contributed by atoms with Crippen molar-refractivity contribution in [1.82, 2.24) is 0 Å². The van der Waals surface area contributed by atoms with Gasteiger partial charge in [-0.05, 0) is 30.3 Å². The van der Waals surface area contributed by atoms with Gasteiger partial charge in [0, 0.05) is 21.7 Å². The molecule has 0 fully saturated rings. The molecule has 11 heteroatoms. The van der Waals surface area contributed by atoms with E-state index in [0.717, 1.165) is 24.2 Å². The first-order chi connectivity index (χ1) is 13.2. The average molecular weight is 466 g/mol. The predicted octanol–water partition coefficient (Wildman–Crippen LogP) is 5.62. The van der Waals surface area contributed by atoms with Crippen molar-refractivity contribution in [2.75, 3.05) is 13.2 Å². The average Bonchev–Trinajstić information content (AvgIpc) is 2.52. The Balaban J connectivity index is 3.00. The van der Waals surface area contributed by atoms with Gasteiger partial charge in [-0.2, -0.15) is 0 Å². The summed E-state index contributed by atoms with van der Waals surface area (Å²) < 4.78 is 48.3. The Morgan fingerprint density at radius 2 is 1.55 bits per heavy atom. The van der Waals surface area contributed by atoms with Gasteiger partial charge in [-0.15, -0.1) is 0 Å². The highest BCUT2D eigenvalue weighted by atomic mass is 31.2. The van der Waals surface area contributed by atoms with Gasteiger partial charge in [0.25, 0.3) is 0 Å². The van der Waals surface area contributed by atoms with E-state index in [0.29, 0.717) is 0 Å². The first kappa shape index (κ1) is 25.8. The highest BCUT2D eigenvalue weighted by molar-refractivity contribution is 7.49. The highest BCUT2D eigenvalue weighted by Crippen LogP contribution is 2.51. The Morgan fingerprint density at radius 1 is 1.03 bits per heavy atom. The fourth-order valence-corrected chi connectivity index (χ4v) is 5.04. The zero-order chi connectivity index (χ0) is 22.3. The summed E-state index contributed by atoms with van der Waals surface area (Å²) in [4.78, 5) is 10.9. The lowest BCUT2D eigenvalue weighted by Crippen LogP contribution is -2.23. The van der Waals surface area contributed by atoms with Crippen LogP contribution in [0.1, 0.15) is 5.56 Å². The minimum absolute atomic E-state index is 0.0528. The number of rotatable bonds is 12. The van der Waals surface area contributed by atoms with E-state index in [2.05, 4.69) is 39.3 Å². The molecular weight excluding hydrogens is 432 g/mol. The van der Waals surface area contributed by atoms with E-state index in [-0.39, 0.29) is 31.1 Å². The van der Waals surface area contributed by atoms with Crippen molar-refractivity contribution in [2.45, 2.75) is 58.0 Å². The number of carbonyl (C=O) groups excluding carboxylic acids is 1. The molecule has 0 atom stereocenters. The summed E-state index contributed by atoms with van der Waals surface area (Å²) in [5, 5.41) is 0. The third-order valence-corrected chi connectivity index (χ3v) is 8.63. The molecular formula is C18H33FNO6PSi2. The molecule has 1 aromatic carbocycles. The molecule has 29 heavy (non-hydrogen) atoms. The van der Waals surface area contributed by atoms with Gasteiger partial charge in [0.15, 0.2) is 0 Å². The SMILES string of the molecule is C[Si](C)(C)CCOP(=O)(OCC[Si](C)(C)C)Oc1ccc(F)cc1COC(N)=O. The zero-order valence-corrected chi connectivity index (χ0v) is 21.0. The van der Waals surface area contributed by atoms with E-state index in [1.165, 1.54) is 6.07 Å². The summed E-state index contributed by atoms with van der Waals surface area (Å²) in [5.41, 5.74) is 5.15. The van der Waals surface area contributed by atoms with Crippen molar-refractivity contribution in [1.29, 1.82) is 0 Å². The molecule has 0 aliphatic carbocycles. The van der Waals surface area contributed by atoms with Crippen LogP contribution < -0.4 is 10.3 Å². The summed E-state index contributed by atoms with van der Waals surface area (Å²) in [5.74, 6) is -0.508. The zero-order valence-electron chi connectivity index (χ0n) is 18.1. The van der Waals surface area contributed by atoms with Crippen molar-refractivity contribution in [3.8, 4) is 5.75 Å². The number of phosphoric ester groups is 1. The Kier molecular flexibility index (Phi) is 9.55. The van der Waals surface area contributed by atoms with Crippen LogP contribution in [0.5, 0.6) is 5.75 Å². The molecule has 0 saturated heterocycles. The Bertz CT molecular complexity index is 712. The Hall–Kier alpha value is -1.20. The summed E-state index contributed by atoms with van der Waals surface area (Å²) >= 11 is 0. The summed E-state index contributed by atoms with van der Waals surface area (Å²) in [6, 6.07) is 5.12. The third kappa shape index (κ3) is 11.5. The molecule has 1 aromatic rings. The van der Waals surface area contributed by atoms with Crippen LogP contribution in [0, 0.1) is 5.82 Å². The largest absolute Gasteiger partial charge is 0.530 e. The van der Waals surface area contributed by atoms with Crippen LogP contribution in [-0.4, -0.2) is 35.5 Å². The smallest absolute Gasteiger partial charge is 0.445 e. The number of ether oxygens (including phenoxy) is 1. The maximum atomic E-state index is 13.6. The lowest BCUT2D eigenvalue weighted by atomic mass is 10.2. The van der Waals surface area contributed by atoms with Crippen LogP contribution in [0.4, 0.5) is 9.18 Å². The number of benzene rings is 1. The summed E-state index contributed by atoms with van der Waals surface area (Å²) in [6.07, 6.45) is -1.01. The van der Waals surface area contributed by atoms with Gasteiger partial charge < -0.3 is 15.0 Å². The maximum Gasteiger partial charge on any atom is 0.530 e. The molecule has 0 aliphatic rings. The first-order valence-corrected chi connectivity index (χ1v) is 18.4. The van der Waals surface area contributed by atoms with Crippen LogP contribution in [0.15, 0.2) is 18.2 Å². The molecule has 166 valence electrons. The van der Waals surface area contributed by atoms with Gasteiger partial charge in [0.05, 0.1) is 13.2 Å². The lowest BCUT2D eigenvalue weighted by molar-refractivity contribution is 0.147. The van der Waals surface area contributed by atoms with Gasteiger partial charge >= 0.3 is 13.9 Å². The van der Waals surface area contributed by atoms with Gasteiger partial charge in [-0.3, -0.25) is 9.05 Å². The van der Waals surface area contributed by atoms with Crippen molar-refractivity contribution < 1.29 is 32.1 Å². The normalized spacial score (nSPS) is 12.7. The number of halogens is 1. The predicted molar refractivity (Wildman–Crippen MR) is 117 cm³/mol. The van der Waals surface area contributed by atoms with Gasteiger partial charge in [-0.1, -0.05) is 39.3 Å². The fraction of sp³-hybridized carbons (Fsp3) is 0.611. The number of amides is 1. The molecule has 7 nitrogen and oxygen atoms in total. The van der Waals surface area contributed by atoms with Crippen molar-refractivity contribution in [2.24, 2.45) is 5.73 Å². The molecule has 0 aliphatic heterocycles. The molecule has 0 heterocycles. The number of carbonyl (C=O) groups is 1. The molecule has 1 rings (SSSR count). The quantitative estimate of drug-likeness (QED) is 0.318. The maximum absolute atomic E-state index is 13.6. The lowest BCUT2D eigenvalue weighted by Gasteiger charge is -2.23. The molecule has 0 radical (unpaired) electrons. The number of phosphoric acid groups is 1. The van der Waals surface area contributed by atoms with Gasteiger partial charge in [-0.25, -0.2) is 13.8 Å². The van der Waals surface area contributed by atoms with Crippen LogP contribution in [-0.2, 0) is 25.0 Å². The molecule has 1 amide bonds. The van der Waals surface area contributed by atoms with Crippen LogP contribution >= 0.6 is 7.82 Å². The van der Waals surface area contributed by atoms with Gasteiger partial charge in [0.2, 0.25) is 0 Å². The molecule has 0 bridgehead atoms. The number of hydrogen-bond acceptors (Lipinski definition) is 6. The second-order valence-corrected chi connectivity index (χ2v) is 22.0. The van der Waals surface area contributed by atoms with E-state index in [1.54, 1.807) is 0 Å². The molecule has 0 unspecified atom stereocenters. The number of hydrogen-bond donors (Lipinski definition) is 1. The van der Waals surface area contributed by atoms with E-state index < -0.39 is 35.9 Å². The van der Waals surface area contributed by atoms with Crippen LogP contribution in [0.25, 0.3) is 0 Å². The monoisotopic (exact) mass is 465 g/mol. The fourth-order valence-electron chi connectivity index (χ4n) is 2.04. The van der Waals surface area contributed by atoms with Crippen molar-refractivity contribution >= 4 is 30.1 Å². The Labute approximate surface area is 174 Å². The van der Waals surface area contributed by atoms with E-state index >= 15 is 0 Å². The van der Waals surface area contributed by atoms with Crippen LogP contribution in [0.2, 0.25) is 51.4 Å². The van der Waals surface area contributed by atoms with Gasteiger partial charge in [0.1, 0.15) is 18.2 Å². The molecule has 2 N–H and O–H groups in total. The second kappa shape index (κ2) is 10.7. The highest BCUT2D eigenvalue weighted by Gasteiger charge is 2.31. The number of primary amides is 1. The minimum Gasteiger partial charge on any atom is -0.445 e. The Morgan fingerprint density at radius 3 is 2.00 bits per heavy atom. The summed E-state index contributed by atoms with van der Waals surface area (Å²) in [6.45, 7) is 13.2. The first-order valence-electron chi connectivity index (χ1n) is 9.49. The number of nitrogens with two attached hydrogens (primary N) is 1. The minimum atomic E-state index is -3.95. The third-order valence-electron chi connectivity index (χ3n) is 3.81. The topological polar surface area (TPSA) is 97.1 Å². The molecule has 0 saturated carbocycles. The van der Waals surface area contributed by atoms with E-state index in [4.69, 9.17) is 24.0 Å². The van der Waals surface area contributed by atoms with Crippen molar-refractivity contribution in [3.05, 3.63) is 29.6 Å². The summed E-state index contributed by atoms with van der Waals surface area (Å²) in [7, 11) is -6.80. The molecule has 0 aromatic heterocycles. The van der Waals surface area contributed by atoms with E-state index in [9.17, 15) is 13.8 Å². The second-order valence-electron chi connectivity index (χ2n) is 9.19. The van der Waals surface area contributed by atoms with E-state index in [1.807, 2.05) is 0 Å².